The normalized spacial score (nSPS) is 11.7. The molecule has 1 aromatic heterocycles. The lowest BCUT2D eigenvalue weighted by molar-refractivity contribution is 0.0932. The molecule has 0 fully saturated rings. The molecule has 1 N–H and O–H groups in total. The Bertz CT molecular complexity index is 801. The zero-order valence-electron chi connectivity index (χ0n) is 14.9. The Morgan fingerprint density at radius 2 is 1.92 bits per heavy atom. The van der Waals surface area contributed by atoms with Crippen LogP contribution in [-0.4, -0.2) is 29.9 Å². The van der Waals surface area contributed by atoms with Gasteiger partial charge in [0.25, 0.3) is 11.5 Å². The Morgan fingerprint density at radius 3 is 2.56 bits per heavy atom. The molecule has 0 spiro atoms. The third kappa shape index (κ3) is 4.37. The van der Waals surface area contributed by atoms with Crippen LogP contribution in [0.25, 0.3) is 0 Å². The summed E-state index contributed by atoms with van der Waals surface area (Å²) >= 11 is 0. The van der Waals surface area contributed by atoms with Gasteiger partial charge in [0.05, 0.1) is 20.3 Å². The van der Waals surface area contributed by atoms with Crippen molar-refractivity contribution in [2.75, 3.05) is 14.2 Å². The number of methoxy groups -OCH3 is 2. The number of hydrogen-bond donors (Lipinski definition) is 1. The van der Waals surface area contributed by atoms with Crippen molar-refractivity contribution in [2.24, 2.45) is 0 Å². The van der Waals surface area contributed by atoms with Crippen LogP contribution in [0.15, 0.2) is 35.1 Å². The number of carbonyl (C=O) groups is 1. The zero-order valence-corrected chi connectivity index (χ0v) is 14.9. The van der Waals surface area contributed by atoms with Crippen molar-refractivity contribution in [1.29, 1.82) is 0 Å². The Balaban J connectivity index is 2.17. The molecule has 134 valence electrons. The quantitative estimate of drug-likeness (QED) is 0.831. The van der Waals surface area contributed by atoms with Crippen LogP contribution in [0, 0.1) is 0 Å². The third-order valence-corrected chi connectivity index (χ3v) is 3.79. The summed E-state index contributed by atoms with van der Waals surface area (Å²) in [6.07, 6.45) is 0.764. The summed E-state index contributed by atoms with van der Waals surface area (Å²) in [7, 11) is 3.13. The monoisotopic (exact) mass is 345 g/mol. The van der Waals surface area contributed by atoms with Crippen LogP contribution >= 0.6 is 0 Å². The summed E-state index contributed by atoms with van der Waals surface area (Å²) in [5, 5.41) is 6.99. The first-order valence-corrected chi connectivity index (χ1v) is 8.11. The minimum atomic E-state index is -0.341. The van der Waals surface area contributed by atoms with Gasteiger partial charge >= 0.3 is 0 Å². The van der Waals surface area contributed by atoms with Crippen LogP contribution < -0.4 is 20.3 Å². The smallest absolute Gasteiger partial charge is 0.272 e. The van der Waals surface area contributed by atoms with Gasteiger partial charge in [-0.25, -0.2) is 4.68 Å². The van der Waals surface area contributed by atoms with E-state index in [0.29, 0.717) is 18.0 Å². The number of rotatable bonds is 7. The molecule has 1 aromatic carbocycles. The average Bonchev–Trinajstić information content (AvgIpc) is 2.62. The van der Waals surface area contributed by atoms with Crippen molar-refractivity contribution < 1.29 is 14.3 Å². The molecule has 0 unspecified atom stereocenters. The van der Waals surface area contributed by atoms with Crippen LogP contribution in [0.1, 0.15) is 42.4 Å². The number of aryl methyl sites for hydroxylation is 1. The van der Waals surface area contributed by atoms with Crippen molar-refractivity contribution in [2.45, 2.75) is 32.9 Å². The summed E-state index contributed by atoms with van der Waals surface area (Å²) < 4.78 is 11.8. The molecule has 1 amide bonds. The second kappa shape index (κ2) is 8.32. The number of aromatic nitrogens is 2. The Labute approximate surface area is 146 Å². The first-order valence-electron chi connectivity index (χ1n) is 8.11. The third-order valence-electron chi connectivity index (χ3n) is 3.79. The van der Waals surface area contributed by atoms with Gasteiger partial charge in [0.1, 0.15) is 5.69 Å². The maximum Gasteiger partial charge on any atom is 0.272 e. The van der Waals surface area contributed by atoms with Gasteiger partial charge in [-0.05, 0) is 37.1 Å². The lowest BCUT2D eigenvalue weighted by Gasteiger charge is -2.16. The largest absolute Gasteiger partial charge is 0.493 e. The fourth-order valence-electron chi connectivity index (χ4n) is 2.42. The van der Waals surface area contributed by atoms with Gasteiger partial charge in [-0.1, -0.05) is 13.0 Å². The zero-order chi connectivity index (χ0) is 18.4. The Morgan fingerprint density at radius 1 is 1.20 bits per heavy atom. The predicted octanol–water partition coefficient (Wildman–Crippen LogP) is 2.16. The summed E-state index contributed by atoms with van der Waals surface area (Å²) in [5.74, 6) is 0.876. The molecule has 1 atom stereocenters. The number of amides is 1. The van der Waals surface area contributed by atoms with Gasteiger partial charge in [0, 0.05) is 12.6 Å². The van der Waals surface area contributed by atoms with Crippen molar-refractivity contribution in [3.05, 3.63) is 51.9 Å². The molecule has 0 radical (unpaired) electrons. The van der Waals surface area contributed by atoms with E-state index in [4.69, 9.17) is 9.47 Å². The molecule has 2 aromatic rings. The SMILES string of the molecule is CCCn1nc(C(=O)N[C@H](C)c2ccc(OC)c(OC)c2)ccc1=O. The molecule has 25 heavy (non-hydrogen) atoms. The van der Waals surface area contributed by atoms with Gasteiger partial charge in [-0.2, -0.15) is 5.10 Å². The van der Waals surface area contributed by atoms with Gasteiger partial charge in [-0.3, -0.25) is 9.59 Å². The van der Waals surface area contributed by atoms with Gasteiger partial charge < -0.3 is 14.8 Å². The van der Waals surface area contributed by atoms with Crippen molar-refractivity contribution in [3.8, 4) is 11.5 Å². The first kappa shape index (κ1) is 18.5. The number of nitrogens with zero attached hydrogens (tertiary/aromatic N) is 2. The fraction of sp³-hybridized carbons (Fsp3) is 0.389. The molecule has 7 heteroatoms. The molecule has 0 aliphatic rings. The summed E-state index contributed by atoms with van der Waals surface area (Å²) in [5.41, 5.74) is 0.861. The van der Waals surface area contributed by atoms with E-state index >= 15 is 0 Å². The van der Waals surface area contributed by atoms with Crippen LogP contribution in [0.2, 0.25) is 0 Å². The second-order valence-corrected chi connectivity index (χ2v) is 5.59. The van der Waals surface area contributed by atoms with E-state index in [-0.39, 0.29) is 23.2 Å². The maximum absolute atomic E-state index is 12.4. The summed E-state index contributed by atoms with van der Waals surface area (Å²) in [6, 6.07) is 7.99. The van der Waals surface area contributed by atoms with Crippen LogP contribution in [0.5, 0.6) is 11.5 Å². The molecule has 2 rings (SSSR count). The molecule has 0 aliphatic carbocycles. The van der Waals surface area contributed by atoms with E-state index < -0.39 is 0 Å². The summed E-state index contributed by atoms with van der Waals surface area (Å²) in [4.78, 5) is 24.1. The minimum Gasteiger partial charge on any atom is -0.493 e. The standard InChI is InChI=1S/C18H23N3O4/c1-5-10-21-17(22)9-7-14(20-21)18(23)19-12(2)13-6-8-15(24-3)16(11-13)25-4/h6-9,11-12H,5,10H2,1-4H3,(H,19,23)/t12-/m1/s1. The molecule has 1 heterocycles. The van der Waals surface area contributed by atoms with E-state index in [0.717, 1.165) is 12.0 Å². The van der Waals surface area contributed by atoms with Crippen molar-refractivity contribution >= 4 is 5.91 Å². The highest BCUT2D eigenvalue weighted by Gasteiger charge is 2.15. The fourth-order valence-corrected chi connectivity index (χ4v) is 2.42. The highest BCUT2D eigenvalue weighted by atomic mass is 16.5. The van der Waals surface area contributed by atoms with Crippen molar-refractivity contribution in [1.82, 2.24) is 15.1 Å². The Kier molecular flexibility index (Phi) is 6.16. The molecule has 0 aliphatic heterocycles. The summed E-state index contributed by atoms with van der Waals surface area (Å²) in [6.45, 7) is 4.28. The maximum atomic E-state index is 12.4. The molecule has 0 saturated heterocycles. The highest BCUT2D eigenvalue weighted by Crippen LogP contribution is 2.29. The molecule has 0 saturated carbocycles. The van der Waals surface area contributed by atoms with E-state index in [9.17, 15) is 9.59 Å². The molecular formula is C18H23N3O4. The van der Waals surface area contributed by atoms with Crippen molar-refractivity contribution in [3.63, 3.8) is 0 Å². The number of ether oxygens (including phenoxy) is 2. The lowest BCUT2D eigenvalue weighted by Crippen LogP contribution is -2.31. The number of hydrogen-bond acceptors (Lipinski definition) is 5. The number of benzene rings is 1. The van der Waals surface area contributed by atoms with Gasteiger partial charge in [0.2, 0.25) is 0 Å². The second-order valence-electron chi connectivity index (χ2n) is 5.59. The molecule has 7 nitrogen and oxygen atoms in total. The van der Waals surface area contributed by atoms with Crippen LogP contribution in [0.4, 0.5) is 0 Å². The van der Waals surface area contributed by atoms with Crippen LogP contribution in [-0.2, 0) is 6.54 Å². The van der Waals surface area contributed by atoms with E-state index in [1.54, 1.807) is 20.3 Å². The number of carbonyl (C=O) groups excluding carboxylic acids is 1. The predicted molar refractivity (Wildman–Crippen MR) is 94.2 cm³/mol. The first-order chi connectivity index (χ1) is 12.0. The van der Waals surface area contributed by atoms with Gasteiger partial charge in [-0.15, -0.1) is 0 Å². The number of nitrogens with one attached hydrogen (secondary N) is 1. The average molecular weight is 345 g/mol. The molecule has 0 bridgehead atoms. The van der Waals surface area contributed by atoms with Crippen LogP contribution in [0.3, 0.4) is 0 Å². The lowest BCUT2D eigenvalue weighted by atomic mass is 10.1. The van der Waals surface area contributed by atoms with E-state index in [1.165, 1.54) is 16.8 Å². The highest BCUT2D eigenvalue weighted by molar-refractivity contribution is 5.92. The Hall–Kier alpha value is -2.83. The van der Waals surface area contributed by atoms with Gasteiger partial charge in [0.15, 0.2) is 11.5 Å². The topological polar surface area (TPSA) is 82.5 Å². The molecular weight excluding hydrogens is 322 g/mol. The van der Waals surface area contributed by atoms with E-state index in [2.05, 4.69) is 10.4 Å². The van der Waals surface area contributed by atoms with E-state index in [1.807, 2.05) is 26.0 Å². The minimum absolute atomic E-state index is 0.209.